The first-order chi connectivity index (χ1) is 12.7. The summed E-state index contributed by atoms with van der Waals surface area (Å²) in [6.07, 6.45) is 0. The molecule has 0 aliphatic rings. The lowest BCUT2D eigenvalue weighted by Gasteiger charge is -2.18. The number of aliphatic hydroxyl groups excluding tert-OH is 1. The number of hydrogen-bond donors (Lipinski definition) is 1. The zero-order valence-corrected chi connectivity index (χ0v) is 14.6. The van der Waals surface area contributed by atoms with E-state index in [0.29, 0.717) is 5.76 Å². The molecule has 0 fully saturated rings. The SMILES string of the molecule is COc1c(OCO)c(OC)c2c(=O)cc(-c3ccccc3)oc2c1OC. The van der Waals surface area contributed by atoms with Gasteiger partial charge >= 0.3 is 0 Å². The van der Waals surface area contributed by atoms with Gasteiger partial charge in [-0.1, -0.05) is 30.3 Å². The Balaban J connectivity index is 2.44. The quantitative estimate of drug-likeness (QED) is 0.678. The first-order valence-corrected chi connectivity index (χ1v) is 7.75. The predicted octanol–water partition coefficient (Wildman–Crippen LogP) is 2.81. The van der Waals surface area contributed by atoms with Gasteiger partial charge < -0.3 is 28.5 Å². The molecule has 0 aliphatic heterocycles. The Morgan fingerprint density at radius 1 is 0.923 bits per heavy atom. The normalized spacial score (nSPS) is 10.6. The van der Waals surface area contributed by atoms with Crippen LogP contribution >= 0.6 is 0 Å². The smallest absolute Gasteiger partial charge is 0.211 e. The standard InChI is InChI=1S/C19H18O7/c1-22-15-14-12(21)9-13(11-7-5-4-6-8-11)26-16(14)17(23-2)18(24-3)19(15)25-10-20/h4-9,20H,10H2,1-3H3. The van der Waals surface area contributed by atoms with Crippen molar-refractivity contribution in [1.82, 2.24) is 0 Å². The second-order valence-electron chi connectivity index (χ2n) is 5.25. The molecule has 136 valence electrons. The van der Waals surface area contributed by atoms with E-state index < -0.39 is 6.79 Å². The number of fused-ring (bicyclic) bond motifs is 1. The van der Waals surface area contributed by atoms with E-state index >= 15 is 0 Å². The van der Waals surface area contributed by atoms with E-state index in [0.717, 1.165) is 5.56 Å². The summed E-state index contributed by atoms with van der Waals surface area (Å²) in [5, 5.41) is 9.31. The molecule has 0 aliphatic carbocycles. The van der Waals surface area contributed by atoms with Gasteiger partial charge in [0.1, 0.15) is 11.1 Å². The number of benzene rings is 2. The molecule has 0 amide bonds. The van der Waals surface area contributed by atoms with Gasteiger partial charge in [-0.15, -0.1) is 0 Å². The van der Waals surface area contributed by atoms with E-state index in [-0.39, 0.29) is 39.4 Å². The van der Waals surface area contributed by atoms with Gasteiger partial charge in [-0.3, -0.25) is 4.79 Å². The number of methoxy groups -OCH3 is 3. The van der Waals surface area contributed by atoms with E-state index in [9.17, 15) is 9.90 Å². The molecule has 0 radical (unpaired) electrons. The van der Waals surface area contributed by atoms with Crippen LogP contribution in [0.15, 0.2) is 45.6 Å². The van der Waals surface area contributed by atoms with Crippen LogP contribution < -0.4 is 24.4 Å². The van der Waals surface area contributed by atoms with E-state index in [1.807, 2.05) is 30.3 Å². The summed E-state index contributed by atoms with van der Waals surface area (Å²) in [5.41, 5.74) is 0.561. The summed E-state index contributed by atoms with van der Waals surface area (Å²) in [5.74, 6) is 0.851. The summed E-state index contributed by atoms with van der Waals surface area (Å²) >= 11 is 0. The van der Waals surface area contributed by atoms with Gasteiger partial charge in [-0.05, 0) is 0 Å². The Morgan fingerprint density at radius 3 is 2.15 bits per heavy atom. The van der Waals surface area contributed by atoms with Crippen LogP contribution in [0.5, 0.6) is 23.0 Å². The van der Waals surface area contributed by atoms with Crippen LogP contribution in [-0.4, -0.2) is 33.2 Å². The average molecular weight is 358 g/mol. The van der Waals surface area contributed by atoms with Gasteiger partial charge in [-0.2, -0.15) is 0 Å². The molecule has 7 nitrogen and oxygen atoms in total. The van der Waals surface area contributed by atoms with Crippen molar-refractivity contribution in [2.45, 2.75) is 0 Å². The van der Waals surface area contributed by atoms with Gasteiger partial charge in [-0.25, -0.2) is 0 Å². The Morgan fingerprint density at radius 2 is 1.58 bits per heavy atom. The molecule has 0 saturated carbocycles. The topological polar surface area (TPSA) is 87.4 Å². The maximum absolute atomic E-state index is 12.8. The monoisotopic (exact) mass is 358 g/mol. The summed E-state index contributed by atoms with van der Waals surface area (Å²) in [6, 6.07) is 10.6. The van der Waals surface area contributed by atoms with Gasteiger partial charge in [0.05, 0.1) is 21.3 Å². The first kappa shape index (κ1) is 17.6. The van der Waals surface area contributed by atoms with Crippen molar-refractivity contribution in [3.8, 4) is 34.3 Å². The van der Waals surface area contributed by atoms with Crippen LogP contribution in [0.3, 0.4) is 0 Å². The van der Waals surface area contributed by atoms with Crippen molar-refractivity contribution < 1.29 is 28.5 Å². The van der Waals surface area contributed by atoms with Crippen molar-refractivity contribution >= 4 is 11.0 Å². The zero-order valence-electron chi connectivity index (χ0n) is 14.6. The van der Waals surface area contributed by atoms with Crippen LogP contribution in [0.25, 0.3) is 22.3 Å². The zero-order chi connectivity index (χ0) is 18.7. The molecule has 2 aromatic carbocycles. The van der Waals surface area contributed by atoms with Gasteiger partial charge in [0.25, 0.3) is 0 Å². The third-order valence-electron chi connectivity index (χ3n) is 3.88. The fourth-order valence-electron chi connectivity index (χ4n) is 2.80. The highest BCUT2D eigenvalue weighted by Gasteiger charge is 2.27. The third kappa shape index (κ3) is 2.82. The lowest BCUT2D eigenvalue weighted by molar-refractivity contribution is 0.0919. The van der Waals surface area contributed by atoms with Gasteiger partial charge in [0.15, 0.2) is 23.6 Å². The van der Waals surface area contributed by atoms with Crippen molar-refractivity contribution in [2.24, 2.45) is 0 Å². The molecule has 26 heavy (non-hydrogen) atoms. The molecule has 0 atom stereocenters. The van der Waals surface area contributed by atoms with Crippen LogP contribution in [0.1, 0.15) is 0 Å². The summed E-state index contributed by atoms with van der Waals surface area (Å²) < 4.78 is 27.3. The summed E-state index contributed by atoms with van der Waals surface area (Å²) in [6.45, 7) is -0.630. The Bertz CT molecular complexity index is 977. The molecule has 0 unspecified atom stereocenters. The van der Waals surface area contributed by atoms with Gasteiger partial charge in [0, 0.05) is 11.6 Å². The summed E-state index contributed by atoms with van der Waals surface area (Å²) in [7, 11) is 4.21. The lowest BCUT2D eigenvalue weighted by Crippen LogP contribution is -2.08. The van der Waals surface area contributed by atoms with Crippen molar-refractivity contribution in [3.05, 3.63) is 46.6 Å². The molecular formula is C19H18O7. The predicted molar refractivity (Wildman–Crippen MR) is 95.3 cm³/mol. The van der Waals surface area contributed by atoms with E-state index in [2.05, 4.69) is 0 Å². The molecule has 0 spiro atoms. The Kier molecular flexibility index (Phi) is 4.99. The lowest BCUT2D eigenvalue weighted by atomic mass is 10.1. The molecule has 0 saturated heterocycles. The highest BCUT2D eigenvalue weighted by atomic mass is 16.6. The fourth-order valence-corrected chi connectivity index (χ4v) is 2.80. The molecule has 3 aromatic rings. The molecule has 0 bridgehead atoms. The second-order valence-corrected chi connectivity index (χ2v) is 5.25. The molecule has 1 heterocycles. The number of aliphatic hydroxyl groups is 1. The number of ether oxygens (including phenoxy) is 4. The highest BCUT2D eigenvalue weighted by molar-refractivity contribution is 5.95. The van der Waals surface area contributed by atoms with Crippen LogP contribution in [0, 0.1) is 0 Å². The molecule has 7 heteroatoms. The number of rotatable bonds is 6. The minimum atomic E-state index is -0.630. The van der Waals surface area contributed by atoms with Crippen LogP contribution in [0.2, 0.25) is 0 Å². The van der Waals surface area contributed by atoms with Crippen molar-refractivity contribution in [3.63, 3.8) is 0 Å². The van der Waals surface area contributed by atoms with E-state index in [1.165, 1.54) is 27.4 Å². The summed E-state index contributed by atoms with van der Waals surface area (Å²) in [4.78, 5) is 12.8. The number of hydrogen-bond acceptors (Lipinski definition) is 7. The fraction of sp³-hybridized carbons (Fsp3) is 0.211. The van der Waals surface area contributed by atoms with E-state index in [1.54, 1.807) is 0 Å². The first-order valence-electron chi connectivity index (χ1n) is 7.75. The largest absolute Gasteiger partial charge is 0.492 e. The average Bonchev–Trinajstić information content (AvgIpc) is 2.67. The minimum Gasteiger partial charge on any atom is -0.492 e. The second kappa shape index (κ2) is 7.37. The maximum atomic E-state index is 12.8. The maximum Gasteiger partial charge on any atom is 0.211 e. The van der Waals surface area contributed by atoms with Crippen LogP contribution in [-0.2, 0) is 0 Å². The molecule has 1 aromatic heterocycles. The van der Waals surface area contributed by atoms with E-state index in [4.69, 9.17) is 23.4 Å². The molecular weight excluding hydrogens is 340 g/mol. The highest BCUT2D eigenvalue weighted by Crippen LogP contribution is 2.50. The Labute approximate surface area is 149 Å². The molecule has 1 N–H and O–H groups in total. The third-order valence-corrected chi connectivity index (χ3v) is 3.88. The van der Waals surface area contributed by atoms with Crippen molar-refractivity contribution in [2.75, 3.05) is 28.1 Å². The van der Waals surface area contributed by atoms with Crippen LogP contribution in [0.4, 0.5) is 0 Å². The van der Waals surface area contributed by atoms with Gasteiger partial charge in [0.2, 0.25) is 17.2 Å². The molecule has 3 rings (SSSR count). The Hall–Kier alpha value is -3.19. The van der Waals surface area contributed by atoms with Crippen molar-refractivity contribution in [1.29, 1.82) is 0 Å². The minimum absolute atomic E-state index is 0.0570.